The van der Waals surface area contributed by atoms with Gasteiger partial charge in [-0.25, -0.2) is 13.9 Å². The van der Waals surface area contributed by atoms with E-state index in [1.54, 1.807) is 0 Å². The summed E-state index contributed by atoms with van der Waals surface area (Å²) in [5.41, 5.74) is 1.90. The Labute approximate surface area is 132 Å². The minimum atomic E-state index is -2.74. The van der Waals surface area contributed by atoms with Gasteiger partial charge in [0.2, 0.25) is 10.6 Å². The number of alkyl halides is 2. The first kappa shape index (κ1) is 16.3. The van der Waals surface area contributed by atoms with Crippen molar-refractivity contribution in [3.05, 3.63) is 40.4 Å². The molecule has 1 N–H and O–H groups in total. The summed E-state index contributed by atoms with van der Waals surface area (Å²) in [6.07, 6.45) is -1.27. The zero-order valence-electron chi connectivity index (χ0n) is 12.3. The van der Waals surface area contributed by atoms with E-state index in [-0.39, 0.29) is 4.77 Å². The Morgan fingerprint density at radius 1 is 1.32 bits per heavy atom. The highest BCUT2D eigenvalue weighted by Crippen LogP contribution is 2.17. The Morgan fingerprint density at radius 3 is 2.50 bits per heavy atom. The van der Waals surface area contributed by atoms with Crippen molar-refractivity contribution in [1.29, 1.82) is 0 Å². The van der Waals surface area contributed by atoms with E-state index >= 15 is 0 Å². The highest BCUT2D eigenvalue weighted by atomic mass is 32.1. The number of anilines is 1. The van der Waals surface area contributed by atoms with Crippen LogP contribution in [0.4, 0.5) is 14.5 Å². The molecule has 8 heteroatoms. The molecule has 1 aromatic heterocycles. The highest BCUT2D eigenvalue weighted by Gasteiger charge is 2.15. The van der Waals surface area contributed by atoms with Crippen LogP contribution in [-0.4, -0.2) is 34.2 Å². The van der Waals surface area contributed by atoms with E-state index < -0.39 is 12.2 Å². The number of benzene rings is 1. The molecule has 22 heavy (non-hydrogen) atoms. The monoisotopic (exact) mass is 325 g/mol. The van der Waals surface area contributed by atoms with Crippen molar-refractivity contribution in [3.63, 3.8) is 0 Å². The second-order valence-corrected chi connectivity index (χ2v) is 4.89. The summed E-state index contributed by atoms with van der Waals surface area (Å²) in [5, 5.41) is 9.74. The molecule has 1 aromatic carbocycles. The first-order valence-electron chi connectivity index (χ1n) is 6.91. The van der Waals surface area contributed by atoms with E-state index in [1.807, 2.05) is 24.3 Å². The summed E-state index contributed by atoms with van der Waals surface area (Å²) in [7, 11) is 0. The number of rotatable bonds is 6. The smallest absolute Gasteiger partial charge is 0.299 e. The minimum Gasteiger partial charge on any atom is -0.372 e. The average Bonchev–Trinajstić information content (AvgIpc) is 2.89. The third-order valence-corrected chi connectivity index (χ3v) is 3.48. The lowest BCUT2D eigenvalue weighted by atomic mass is 10.2. The van der Waals surface area contributed by atoms with E-state index in [2.05, 4.69) is 34.0 Å². The predicted molar refractivity (Wildman–Crippen MR) is 85.4 cm³/mol. The van der Waals surface area contributed by atoms with Crippen molar-refractivity contribution in [1.82, 2.24) is 14.9 Å². The van der Waals surface area contributed by atoms with Crippen LogP contribution >= 0.6 is 12.2 Å². The Morgan fingerprint density at radius 2 is 1.95 bits per heavy atom. The summed E-state index contributed by atoms with van der Waals surface area (Å²) >= 11 is 4.89. The van der Waals surface area contributed by atoms with Crippen LogP contribution in [0.2, 0.25) is 0 Å². The standard InChI is InChI=1S/C14H17F2N5S/c1-3-20(4-2)11-7-5-10(6-8-11)9-17-21-13(12(15)16)18-19-14(21)22/h5-9,12H,3-4H2,1-2H3,(H,19,22)/b17-9+. The number of halogens is 2. The fourth-order valence-corrected chi connectivity index (χ4v) is 2.23. The molecule has 2 aromatic rings. The maximum atomic E-state index is 12.8. The maximum absolute atomic E-state index is 12.8. The third kappa shape index (κ3) is 3.56. The molecule has 0 fully saturated rings. The predicted octanol–water partition coefficient (Wildman–Crippen LogP) is 3.61. The molecule has 1 heterocycles. The first-order chi connectivity index (χ1) is 10.6. The van der Waals surface area contributed by atoms with Gasteiger partial charge in [-0.05, 0) is 43.8 Å². The summed E-state index contributed by atoms with van der Waals surface area (Å²) in [4.78, 5) is 2.21. The van der Waals surface area contributed by atoms with Gasteiger partial charge in [-0.1, -0.05) is 12.1 Å². The van der Waals surface area contributed by atoms with Crippen molar-refractivity contribution in [2.24, 2.45) is 5.10 Å². The zero-order valence-corrected chi connectivity index (χ0v) is 13.1. The van der Waals surface area contributed by atoms with Crippen LogP contribution in [0.5, 0.6) is 0 Å². The molecule has 0 saturated heterocycles. The van der Waals surface area contributed by atoms with Crippen LogP contribution in [0, 0.1) is 4.77 Å². The maximum Gasteiger partial charge on any atom is 0.299 e. The van der Waals surface area contributed by atoms with Gasteiger partial charge in [0.1, 0.15) is 0 Å². The molecule has 0 spiro atoms. The molecule has 118 valence electrons. The van der Waals surface area contributed by atoms with Crippen LogP contribution in [0.25, 0.3) is 0 Å². The Balaban J connectivity index is 2.21. The number of hydrogen-bond donors (Lipinski definition) is 1. The largest absolute Gasteiger partial charge is 0.372 e. The molecule has 0 unspecified atom stereocenters. The molecule has 0 atom stereocenters. The number of aromatic nitrogens is 3. The number of nitrogens with one attached hydrogen (secondary N) is 1. The second-order valence-electron chi connectivity index (χ2n) is 4.51. The van der Waals surface area contributed by atoms with Gasteiger partial charge < -0.3 is 4.90 Å². The lowest BCUT2D eigenvalue weighted by molar-refractivity contribution is 0.136. The Bertz CT molecular complexity index is 686. The molecule has 0 aliphatic carbocycles. The van der Waals surface area contributed by atoms with Gasteiger partial charge in [-0.3, -0.25) is 0 Å². The van der Waals surface area contributed by atoms with Crippen LogP contribution in [-0.2, 0) is 0 Å². The van der Waals surface area contributed by atoms with E-state index in [4.69, 9.17) is 12.2 Å². The number of hydrogen-bond acceptors (Lipinski definition) is 4. The van der Waals surface area contributed by atoms with Gasteiger partial charge in [0.15, 0.2) is 0 Å². The fraction of sp³-hybridized carbons (Fsp3) is 0.357. The normalized spacial score (nSPS) is 11.5. The van der Waals surface area contributed by atoms with Crippen molar-refractivity contribution in [2.75, 3.05) is 18.0 Å². The zero-order chi connectivity index (χ0) is 16.1. The fourth-order valence-electron chi connectivity index (χ4n) is 2.04. The van der Waals surface area contributed by atoms with Crippen LogP contribution < -0.4 is 4.90 Å². The van der Waals surface area contributed by atoms with Crippen LogP contribution in [0.1, 0.15) is 31.7 Å². The Hall–Kier alpha value is -2.09. The molecule has 2 rings (SSSR count). The first-order valence-corrected chi connectivity index (χ1v) is 7.32. The van der Waals surface area contributed by atoms with E-state index in [9.17, 15) is 8.78 Å². The molecule has 0 amide bonds. The lowest BCUT2D eigenvalue weighted by Crippen LogP contribution is -2.21. The van der Waals surface area contributed by atoms with E-state index in [1.165, 1.54) is 6.21 Å². The van der Waals surface area contributed by atoms with Crippen molar-refractivity contribution < 1.29 is 8.78 Å². The molecule has 0 aliphatic heterocycles. The second kappa shape index (κ2) is 7.26. The van der Waals surface area contributed by atoms with Crippen molar-refractivity contribution in [3.8, 4) is 0 Å². The van der Waals surface area contributed by atoms with E-state index in [0.717, 1.165) is 29.0 Å². The summed E-state index contributed by atoms with van der Waals surface area (Å²) < 4.78 is 26.5. The molecular formula is C14H17F2N5S. The summed E-state index contributed by atoms with van der Waals surface area (Å²) in [6, 6.07) is 7.69. The van der Waals surface area contributed by atoms with Gasteiger partial charge in [0, 0.05) is 18.8 Å². The van der Waals surface area contributed by atoms with E-state index in [0.29, 0.717) is 0 Å². The van der Waals surface area contributed by atoms with Crippen molar-refractivity contribution >= 4 is 24.1 Å². The number of aromatic amines is 1. The SMILES string of the molecule is CCN(CC)c1ccc(/C=N/n2c(C(F)F)n[nH]c2=S)cc1. The van der Waals surface area contributed by atoms with Gasteiger partial charge in [0.05, 0.1) is 6.21 Å². The van der Waals surface area contributed by atoms with Gasteiger partial charge in [-0.15, -0.1) is 0 Å². The molecular weight excluding hydrogens is 308 g/mol. The highest BCUT2D eigenvalue weighted by molar-refractivity contribution is 7.71. The molecule has 5 nitrogen and oxygen atoms in total. The summed E-state index contributed by atoms with van der Waals surface area (Å²) in [6.45, 7) is 6.02. The van der Waals surface area contributed by atoms with Crippen molar-refractivity contribution in [2.45, 2.75) is 20.3 Å². The van der Waals surface area contributed by atoms with Gasteiger partial charge in [-0.2, -0.15) is 14.9 Å². The molecule has 0 saturated carbocycles. The average molecular weight is 325 g/mol. The molecule has 0 aliphatic rings. The minimum absolute atomic E-state index is 0.0336. The third-order valence-electron chi connectivity index (χ3n) is 3.21. The lowest BCUT2D eigenvalue weighted by Gasteiger charge is -2.20. The summed E-state index contributed by atoms with van der Waals surface area (Å²) in [5.74, 6) is -0.499. The van der Waals surface area contributed by atoms with Crippen LogP contribution in [0.15, 0.2) is 29.4 Å². The molecule has 0 bridgehead atoms. The number of nitrogens with zero attached hydrogens (tertiary/aromatic N) is 4. The number of H-pyrrole nitrogens is 1. The van der Waals surface area contributed by atoms with Gasteiger partial charge >= 0.3 is 0 Å². The van der Waals surface area contributed by atoms with Gasteiger partial charge in [0.25, 0.3) is 6.43 Å². The quantitative estimate of drug-likeness (QED) is 0.652. The molecule has 0 radical (unpaired) electrons. The Kier molecular flexibility index (Phi) is 5.37. The topological polar surface area (TPSA) is 49.2 Å². The van der Waals surface area contributed by atoms with Crippen LogP contribution in [0.3, 0.4) is 0 Å².